The maximum absolute atomic E-state index is 12.1. The molecule has 0 fully saturated rings. The highest BCUT2D eigenvalue weighted by Crippen LogP contribution is 2.18. The minimum absolute atomic E-state index is 0.114. The van der Waals surface area contributed by atoms with Crippen molar-refractivity contribution in [2.45, 2.75) is 6.54 Å². The van der Waals surface area contributed by atoms with Crippen molar-refractivity contribution in [3.05, 3.63) is 52.3 Å². The lowest BCUT2D eigenvalue weighted by molar-refractivity contribution is 0.0995. The molecule has 22 heavy (non-hydrogen) atoms. The lowest BCUT2D eigenvalue weighted by Crippen LogP contribution is -2.19. The van der Waals surface area contributed by atoms with Crippen LogP contribution in [-0.4, -0.2) is 15.0 Å². The summed E-state index contributed by atoms with van der Waals surface area (Å²) in [5.74, 6) is 0.383. The molecule has 0 aliphatic carbocycles. The van der Waals surface area contributed by atoms with Crippen molar-refractivity contribution >= 4 is 22.6 Å². The average molecular weight is 300 g/mol. The number of carbonyl (C=O) groups excluding carboxylic acids is 1. The number of nitrogens with one attached hydrogen (secondary N) is 1. The highest BCUT2D eigenvalue weighted by Gasteiger charge is 2.13. The molecule has 3 N–H and O–H groups in total. The van der Waals surface area contributed by atoms with Crippen LogP contribution in [0.3, 0.4) is 0 Å². The van der Waals surface area contributed by atoms with Gasteiger partial charge in [-0.2, -0.15) is 0 Å². The molecule has 2 aromatic heterocycles. The monoisotopic (exact) mass is 300 g/mol. The van der Waals surface area contributed by atoms with Gasteiger partial charge in [-0.3, -0.25) is 13.9 Å². The molecule has 0 aliphatic heterocycles. The predicted octanol–water partition coefficient (Wildman–Crippen LogP) is 1.18. The largest absolute Gasteiger partial charge is 0.455 e. The van der Waals surface area contributed by atoms with Crippen molar-refractivity contribution in [3.63, 3.8) is 0 Å². The van der Waals surface area contributed by atoms with E-state index in [4.69, 9.17) is 10.2 Å². The summed E-state index contributed by atoms with van der Waals surface area (Å²) >= 11 is 0. The fraction of sp³-hybridized carbons (Fsp3) is 0.200. The zero-order valence-corrected chi connectivity index (χ0v) is 12.3. The second-order valence-corrected chi connectivity index (χ2v) is 5.03. The van der Waals surface area contributed by atoms with Crippen molar-refractivity contribution in [2.24, 2.45) is 19.8 Å². The molecule has 7 heteroatoms. The van der Waals surface area contributed by atoms with Gasteiger partial charge < -0.3 is 15.5 Å². The van der Waals surface area contributed by atoms with E-state index in [0.29, 0.717) is 11.4 Å². The minimum atomic E-state index is -0.361. The third-order valence-corrected chi connectivity index (χ3v) is 3.62. The predicted molar refractivity (Wildman–Crippen MR) is 82.7 cm³/mol. The van der Waals surface area contributed by atoms with Crippen molar-refractivity contribution < 1.29 is 9.21 Å². The molecule has 3 aromatic rings. The molecule has 7 nitrogen and oxygen atoms in total. The number of imidazole rings is 1. The quantitative estimate of drug-likeness (QED) is 0.759. The first-order valence-electron chi connectivity index (χ1n) is 6.77. The fourth-order valence-electron chi connectivity index (χ4n) is 2.39. The smallest absolute Gasteiger partial charge is 0.328 e. The number of nitrogens with two attached hydrogens (primary N) is 1. The first-order valence-corrected chi connectivity index (χ1v) is 6.77. The molecular weight excluding hydrogens is 284 g/mol. The summed E-state index contributed by atoms with van der Waals surface area (Å²) in [4.78, 5) is 24.0. The van der Waals surface area contributed by atoms with E-state index in [0.717, 1.165) is 11.0 Å². The number of nitrogens with zero attached hydrogens (tertiary/aromatic N) is 2. The molecule has 114 valence electrons. The number of carbonyl (C=O) groups is 1. The Bertz CT molecular complexity index is 917. The lowest BCUT2D eigenvalue weighted by Gasteiger charge is -2.04. The summed E-state index contributed by atoms with van der Waals surface area (Å²) < 4.78 is 8.39. The number of amides is 1. The number of aromatic nitrogens is 2. The number of rotatable bonds is 3. The molecule has 2 heterocycles. The van der Waals surface area contributed by atoms with E-state index in [1.165, 1.54) is 4.57 Å². The molecular formula is C15H16N4O3. The zero-order chi connectivity index (χ0) is 15.9. The molecule has 0 spiro atoms. The normalized spacial score (nSPS) is 11.0. The minimum Gasteiger partial charge on any atom is -0.455 e. The van der Waals surface area contributed by atoms with Gasteiger partial charge in [-0.1, -0.05) is 0 Å². The van der Waals surface area contributed by atoms with Gasteiger partial charge in [0.2, 0.25) is 0 Å². The van der Waals surface area contributed by atoms with Crippen LogP contribution in [0, 0.1) is 0 Å². The van der Waals surface area contributed by atoms with Gasteiger partial charge in [0, 0.05) is 19.8 Å². The number of anilines is 1. The summed E-state index contributed by atoms with van der Waals surface area (Å²) in [6, 6.07) is 8.53. The molecule has 3 rings (SSSR count). The van der Waals surface area contributed by atoms with Crippen LogP contribution in [0.15, 0.2) is 39.5 Å². The van der Waals surface area contributed by atoms with Gasteiger partial charge in [-0.05, 0) is 30.3 Å². The fourth-order valence-corrected chi connectivity index (χ4v) is 2.39. The summed E-state index contributed by atoms with van der Waals surface area (Å²) in [7, 11) is 3.40. The van der Waals surface area contributed by atoms with E-state index in [9.17, 15) is 9.59 Å². The molecule has 1 aromatic carbocycles. The Labute approximate surface area is 125 Å². The van der Waals surface area contributed by atoms with Crippen LogP contribution in [0.1, 0.15) is 16.3 Å². The third kappa shape index (κ3) is 2.21. The van der Waals surface area contributed by atoms with Gasteiger partial charge in [0.15, 0.2) is 5.76 Å². The number of hydrogen-bond donors (Lipinski definition) is 2. The second kappa shape index (κ2) is 5.19. The SMILES string of the molecule is Cn1c(=O)n(C)c2cc(NC(=O)c3ccc(CN)o3)ccc21. The Balaban J connectivity index is 1.92. The summed E-state index contributed by atoms with van der Waals surface area (Å²) in [5.41, 5.74) is 7.47. The van der Waals surface area contributed by atoms with E-state index in [1.54, 1.807) is 49.0 Å². The standard InChI is InChI=1S/C15H16N4O3/c1-18-11-5-3-9(7-12(11)19(2)15(18)21)17-14(20)13-6-4-10(8-16)22-13/h3-7H,8,16H2,1-2H3,(H,17,20). The van der Waals surface area contributed by atoms with Gasteiger partial charge in [0.05, 0.1) is 17.6 Å². The third-order valence-electron chi connectivity index (χ3n) is 3.62. The Kier molecular flexibility index (Phi) is 3.34. The van der Waals surface area contributed by atoms with Crippen LogP contribution < -0.4 is 16.7 Å². The first-order chi connectivity index (χ1) is 10.5. The van der Waals surface area contributed by atoms with E-state index in [2.05, 4.69) is 5.32 Å². The topological polar surface area (TPSA) is 95.2 Å². The summed E-state index contributed by atoms with van der Waals surface area (Å²) in [6.45, 7) is 0.241. The zero-order valence-electron chi connectivity index (χ0n) is 12.3. The van der Waals surface area contributed by atoms with E-state index in [-0.39, 0.29) is 23.9 Å². The van der Waals surface area contributed by atoms with E-state index in [1.807, 2.05) is 0 Å². The number of benzene rings is 1. The summed E-state index contributed by atoms with van der Waals surface area (Å²) in [6.07, 6.45) is 0. The van der Waals surface area contributed by atoms with Crippen molar-refractivity contribution in [1.29, 1.82) is 0 Å². The van der Waals surface area contributed by atoms with Crippen LogP contribution in [0.25, 0.3) is 11.0 Å². The van der Waals surface area contributed by atoms with Gasteiger partial charge >= 0.3 is 5.69 Å². The van der Waals surface area contributed by atoms with Crippen molar-refractivity contribution in [1.82, 2.24) is 9.13 Å². The Morgan fingerprint density at radius 2 is 1.91 bits per heavy atom. The van der Waals surface area contributed by atoms with Gasteiger partial charge in [0.1, 0.15) is 5.76 Å². The van der Waals surface area contributed by atoms with E-state index >= 15 is 0 Å². The van der Waals surface area contributed by atoms with E-state index < -0.39 is 0 Å². The first kappa shape index (κ1) is 14.2. The van der Waals surface area contributed by atoms with Gasteiger partial charge in [-0.25, -0.2) is 4.79 Å². The molecule has 0 radical (unpaired) electrons. The van der Waals surface area contributed by atoms with Gasteiger partial charge in [-0.15, -0.1) is 0 Å². The van der Waals surface area contributed by atoms with Crippen molar-refractivity contribution in [2.75, 3.05) is 5.32 Å². The van der Waals surface area contributed by atoms with Gasteiger partial charge in [0.25, 0.3) is 5.91 Å². The lowest BCUT2D eigenvalue weighted by atomic mass is 10.2. The highest BCUT2D eigenvalue weighted by molar-refractivity contribution is 6.03. The van der Waals surface area contributed by atoms with Crippen LogP contribution in [0.2, 0.25) is 0 Å². The van der Waals surface area contributed by atoms with Crippen LogP contribution in [0.5, 0.6) is 0 Å². The van der Waals surface area contributed by atoms with Crippen LogP contribution in [-0.2, 0) is 20.6 Å². The maximum Gasteiger partial charge on any atom is 0.328 e. The molecule has 0 aliphatic rings. The molecule has 0 saturated heterocycles. The number of fused-ring (bicyclic) bond motifs is 1. The number of hydrogen-bond acceptors (Lipinski definition) is 4. The Morgan fingerprint density at radius 1 is 1.18 bits per heavy atom. The molecule has 0 saturated carbocycles. The molecule has 0 unspecified atom stereocenters. The van der Waals surface area contributed by atoms with Crippen LogP contribution >= 0.6 is 0 Å². The maximum atomic E-state index is 12.1. The Hall–Kier alpha value is -2.80. The number of aryl methyl sites for hydroxylation is 2. The van der Waals surface area contributed by atoms with Crippen molar-refractivity contribution in [3.8, 4) is 0 Å². The van der Waals surface area contributed by atoms with Crippen LogP contribution in [0.4, 0.5) is 5.69 Å². The second-order valence-electron chi connectivity index (χ2n) is 5.03. The number of furan rings is 1. The Morgan fingerprint density at radius 3 is 2.59 bits per heavy atom. The summed E-state index contributed by atoms with van der Waals surface area (Å²) in [5, 5.41) is 2.75. The molecule has 0 atom stereocenters. The molecule has 1 amide bonds. The average Bonchev–Trinajstić information content (AvgIpc) is 3.08. The molecule has 0 bridgehead atoms. The highest BCUT2D eigenvalue weighted by atomic mass is 16.4.